The van der Waals surface area contributed by atoms with Gasteiger partial charge in [0.1, 0.15) is 5.82 Å². The number of halogens is 1. The van der Waals surface area contributed by atoms with Crippen LogP contribution in [0.5, 0.6) is 0 Å². The predicted octanol–water partition coefficient (Wildman–Crippen LogP) is 4.80. The Hall–Kier alpha value is -0.980. The van der Waals surface area contributed by atoms with Crippen molar-refractivity contribution in [2.24, 2.45) is 11.8 Å². The normalized spacial score (nSPS) is 17.7. The van der Waals surface area contributed by atoms with Gasteiger partial charge in [-0.2, -0.15) is 0 Å². The van der Waals surface area contributed by atoms with Crippen LogP contribution in [0.1, 0.15) is 52.4 Å². The summed E-state index contributed by atoms with van der Waals surface area (Å²) in [7, 11) is 0. The first-order valence-corrected chi connectivity index (χ1v) is 11.7. The van der Waals surface area contributed by atoms with Gasteiger partial charge in [0.05, 0.1) is 18.1 Å². The highest BCUT2D eigenvalue weighted by molar-refractivity contribution is 7.99. The van der Waals surface area contributed by atoms with Crippen molar-refractivity contribution in [2.75, 3.05) is 37.0 Å². The summed E-state index contributed by atoms with van der Waals surface area (Å²) in [6.07, 6.45) is 7.61. The highest BCUT2D eigenvalue weighted by Gasteiger charge is 2.25. The molecule has 1 aliphatic rings. The zero-order valence-electron chi connectivity index (χ0n) is 17.0. The number of carbonyl (C=O) groups is 1. The van der Waals surface area contributed by atoms with E-state index in [1.165, 1.54) is 12.8 Å². The van der Waals surface area contributed by atoms with Gasteiger partial charge in [0.25, 0.3) is 0 Å². The topological polar surface area (TPSA) is 62.7 Å². The van der Waals surface area contributed by atoms with Crippen LogP contribution in [-0.4, -0.2) is 48.1 Å². The Labute approximate surface area is 178 Å². The number of pyridine rings is 1. The number of rotatable bonds is 12. The van der Waals surface area contributed by atoms with Gasteiger partial charge in [-0.25, -0.2) is 4.98 Å². The lowest BCUT2D eigenvalue weighted by molar-refractivity contribution is -0.144. The molecule has 158 valence electrons. The maximum atomic E-state index is 12.0. The lowest BCUT2D eigenvalue weighted by atomic mass is 10.0. The number of aliphatic hydroxyl groups excluding tert-OH is 1. The Kier molecular flexibility index (Phi) is 10.4. The lowest BCUT2D eigenvalue weighted by Crippen LogP contribution is -2.22. The molecule has 1 fully saturated rings. The van der Waals surface area contributed by atoms with E-state index in [0.717, 1.165) is 43.1 Å². The number of thioether (sulfide) groups is 1. The molecule has 0 aromatic carbocycles. The van der Waals surface area contributed by atoms with Crippen molar-refractivity contribution in [1.29, 1.82) is 0 Å². The first-order chi connectivity index (χ1) is 13.6. The Balaban J connectivity index is 1.78. The number of aromatic nitrogens is 1. The number of carbonyl (C=O) groups excluding carboxylic acids is 1. The Morgan fingerprint density at radius 1 is 1.50 bits per heavy atom. The molecule has 2 rings (SSSR count). The molecule has 0 bridgehead atoms. The van der Waals surface area contributed by atoms with Gasteiger partial charge < -0.3 is 14.7 Å². The zero-order chi connectivity index (χ0) is 20.4. The number of ether oxygens (including phenoxy) is 1. The van der Waals surface area contributed by atoms with Crippen molar-refractivity contribution in [3.63, 3.8) is 0 Å². The maximum Gasteiger partial charge on any atom is 0.306 e. The van der Waals surface area contributed by atoms with Gasteiger partial charge in [-0.05, 0) is 24.8 Å². The predicted molar refractivity (Wildman–Crippen MR) is 116 cm³/mol. The van der Waals surface area contributed by atoms with E-state index in [0.29, 0.717) is 29.7 Å². The van der Waals surface area contributed by atoms with E-state index in [1.54, 1.807) is 18.0 Å². The molecule has 2 heterocycles. The molecule has 0 saturated carbocycles. The number of anilines is 1. The van der Waals surface area contributed by atoms with E-state index in [-0.39, 0.29) is 18.5 Å². The van der Waals surface area contributed by atoms with Gasteiger partial charge in [-0.15, -0.1) is 11.8 Å². The van der Waals surface area contributed by atoms with Crippen molar-refractivity contribution in [3.8, 4) is 0 Å². The van der Waals surface area contributed by atoms with Gasteiger partial charge in [-0.1, -0.05) is 44.7 Å². The largest absolute Gasteiger partial charge is 0.465 e. The van der Waals surface area contributed by atoms with Crippen molar-refractivity contribution >= 4 is 35.1 Å². The standard InChI is InChI=1S/C21H33ClN2O3S/c1-3-5-6-16(4-2)15-27-19(26)9-12-28-18-7-10-23-21(20(18)22)24-11-8-17(13-24)14-25/h7,10,16-17,25H,3-6,8-9,11-15H2,1-2H3. The molecule has 5 nitrogen and oxygen atoms in total. The quantitative estimate of drug-likeness (QED) is 0.381. The van der Waals surface area contributed by atoms with Crippen LogP contribution >= 0.6 is 23.4 Å². The summed E-state index contributed by atoms with van der Waals surface area (Å²) in [4.78, 5) is 19.5. The Morgan fingerprint density at radius 3 is 3.00 bits per heavy atom. The summed E-state index contributed by atoms with van der Waals surface area (Å²) in [5, 5.41) is 9.96. The molecule has 1 aliphatic heterocycles. The fourth-order valence-corrected chi connectivity index (χ4v) is 4.61. The minimum atomic E-state index is -0.141. The molecule has 7 heteroatoms. The number of hydrogen-bond donors (Lipinski definition) is 1. The minimum Gasteiger partial charge on any atom is -0.465 e. The summed E-state index contributed by atoms with van der Waals surface area (Å²) in [5.74, 6) is 2.02. The SMILES string of the molecule is CCCCC(CC)COC(=O)CCSc1ccnc(N2CCC(CO)C2)c1Cl. The second-order valence-electron chi connectivity index (χ2n) is 7.43. The lowest BCUT2D eigenvalue weighted by Gasteiger charge is -2.19. The average Bonchev–Trinajstić information content (AvgIpc) is 3.18. The molecule has 1 saturated heterocycles. The Morgan fingerprint density at radius 2 is 2.32 bits per heavy atom. The second kappa shape index (κ2) is 12.6. The van der Waals surface area contributed by atoms with Crippen LogP contribution in [0.25, 0.3) is 0 Å². The number of esters is 1. The summed E-state index contributed by atoms with van der Waals surface area (Å²) in [5.41, 5.74) is 0. The molecule has 0 spiro atoms. The van der Waals surface area contributed by atoms with Crippen LogP contribution in [-0.2, 0) is 9.53 Å². The van der Waals surface area contributed by atoms with Crippen LogP contribution < -0.4 is 4.90 Å². The van der Waals surface area contributed by atoms with Crippen molar-refractivity contribution in [2.45, 2.75) is 57.3 Å². The van der Waals surface area contributed by atoms with E-state index in [1.807, 2.05) is 6.07 Å². The highest BCUT2D eigenvalue weighted by Crippen LogP contribution is 2.35. The number of hydrogen-bond acceptors (Lipinski definition) is 6. The first-order valence-electron chi connectivity index (χ1n) is 10.4. The highest BCUT2D eigenvalue weighted by atomic mass is 35.5. The fourth-order valence-electron chi connectivity index (χ4n) is 3.35. The van der Waals surface area contributed by atoms with E-state index in [4.69, 9.17) is 16.3 Å². The molecule has 1 aromatic heterocycles. The van der Waals surface area contributed by atoms with E-state index >= 15 is 0 Å². The molecular weight excluding hydrogens is 396 g/mol. The molecule has 2 atom stereocenters. The van der Waals surface area contributed by atoms with Gasteiger partial charge in [-0.3, -0.25) is 4.79 Å². The van der Waals surface area contributed by atoms with Gasteiger partial charge in [0.2, 0.25) is 0 Å². The van der Waals surface area contributed by atoms with Crippen LogP contribution in [0.2, 0.25) is 5.02 Å². The average molecular weight is 429 g/mol. The van der Waals surface area contributed by atoms with Crippen LogP contribution in [0.4, 0.5) is 5.82 Å². The third-order valence-electron chi connectivity index (χ3n) is 5.27. The molecule has 1 N–H and O–H groups in total. The molecule has 0 aliphatic carbocycles. The van der Waals surface area contributed by atoms with Gasteiger partial charge in [0.15, 0.2) is 0 Å². The van der Waals surface area contributed by atoms with Crippen molar-refractivity contribution in [1.82, 2.24) is 4.98 Å². The molecule has 0 amide bonds. The minimum absolute atomic E-state index is 0.141. The number of nitrogens with zero attached hydrogens (tertiary/aromatic N) is 2. The van der Waals surface area contributed by atoms with Gasteiger partial charge >= 0.3 is 5.97 Å². The van der Waals surface area contributed by atoms with Gasteiger partial charge in [0, 0.05) is 42.5 Å². The van der Waals surface area contributed by atoms with Crippen molar-refractivity contribution in [3.05, 3.63) is 17.3 Å². The first kappa shape index (κ1) is 23.3. The monoisotopic (exact) mass is 428 g/mol. The third-order valence-corrected chi connectivity index (χ3v) is 6.81. The van der Waals surface area contributed by atoms with Crippen LogP contribution in [0, 0.1) is 11.8 Å². The summed E-state index contributed by atoms with van der Waals surface area (Å²) < 4.78 is 5.46. The smallest absolute Gasteiger partial charge is 0.306 e. The summed E-state index contributed by atoms with van der Waals surface area (Å²) in [6.45, 7) is 6.69. The van der Waals surface area contributed by atoms with Crippen molar-refractivity contribution < 1.29 is 14.6 Å². The second-order valence-corrected chi connectivity index (χ2v) is 8.94. The van der Waals surface area contributed by atoms with Crippen LogP contribution in [0.15, 0.2) is 17.2 Å². The fraction of sp³-hybridized carbons (Fsp3) is 0.714. The Bertz CT molecular complexity index is 617. The van der Waals surface area contributed by atoms with E-state index < -0.39 is 0 Å². The number of aliphatic hydroxyl groups is 1. The summed E-state index contributed by atoms with van der Waals surface area (Å²) in [6, 6.07) is 1.89. The molecular formula is C21H33ClN2O3S. The maximum absolute atomic E-state index is 12.0. The third kappa shape index (κ3) is 7.12. The molecule has 0 radical (unpaired) electrons. The molecule has 28 heavy (non-hydrogen) atoms. The summed E-state index contributed by atoms with van der Waals surface area (Å²) >= 11 is 8.12. The van der Waals surface area contributed by atoms with E-state index in [2.05, 4.69) is 23.7 Å². The number of unbranched alkanes of at least 4 members (excludes halogenated alkanes) is 1. The van der Waals surface area contributed by atoms with Crippen LogP contribution in [0.3, 0.4) is 0 Å². The molecule has 1 aromatic rings. The molecule has 2 unspecified atom stereocenters. The van der Waals surface area contributed by atoms with E-state index in [9.17, 15) is 9.90 Å². The zero-order valence-corrected chi connectivity index (χ0v) is 18.6.